The highest BCUT2D eigenvalue weighted by atomic mass is 16.2. The number of amides is 2. The molecule has 5 nitrogen and oxygen atoms in total. The summed E-state index contributed by atoms with van der Waals surface area (Å²) in [5.74, 6) is -0.960. The summed E-state index contributed by atoms with van der Waals surface area (Å²) in [6, 6.07) is 8.25. The lowest BCUT2D eigenvalue weighted by Gasteiger charge is -2.22. The predicted octanol–water partition coefficient (Wildman–Crippen LogP) is 2.19. The van der Waals surface area contributed by atoms with Gasteiger partial charge < -0.3 is 11.1 Å². The number of carbonyl (C=O) groups excluding carboxylic acids is 2. The molecule has 0 spiro atoms. The number of nitrogens with one attached hydrogen (secondary N) is 1. The van der Waals surface area contributed by atoms with Crippen LogP contribution in [0.4, 0.5) is 0 Å². The third-order valence-electron chi connectivity index (χ3n) is 4.62. The fourth-order valence-corrected chi connectivity index (χ4v) is 3.17. The van der Waals surface area contributed by atoms with Gasteiger partial charge in [-0.2, -0.15) is 0 Å². The number of nitrogens with two attached hydrogens (primary N) is 1. The van der Waals surface area contributed by atoms with Crippen LogP contribution in [0.3, 0.4) is 0 Å². The Bertz CT molecular complexity index is 551. The van der Waals surface area contributed by atoms with E-state index in [0.29, 0.717) is 6.54 Å². The summed E-state index contributed by atoms with van der Waals surface area (Å²) < 4.78 is 0. The molecule has 2 rings (SSSR count). The first-order chi connectivity index (χ1) is 11.6. The van der Waals surface area contributed by atoms with Crippen molar-refractivity contribution in [3.63, 3.8) is 0 Å². The third kappa shape index (κ3) is 5.96. The number of nitrogens with zero attached hydrogens (tertiary/aromatic N) is 1. The molecule has 24 heavy (non-hydrogen) atoms. The summed E-state index contributed by atoms with van der Waals surface area (Å²) in [5.41, 5.74) is 7.56. The van der Waals surface area contributed by atoms with E-state index in [1.807, 2.05) is 12.1 Å². The number of rotatable bonds is 7. The van der Waals surface area contributed by atoms with Crippen LogP contribution in [-0.4, -0.2) is 29.8 Å². The Morgan fingerprint density at radius 2 is 1.75 bits per heavy atom. The molecule has 1 aromatic rings. The van der Waals surface area contributed by atoms with Gasteiger partial charge in [0.15, 0.2) is 0 Å². The van der Waals surface area contributed by atoms with Crippen molar-refractivity contribution >= 4 is 11.8 Å². The standard InChI is InChI=1S/C19H29N3O2/c1-15(12-18(20)23)19(24)21-13-16-8-4-5-9-17(16)14-22-10-6-2-3-7-11-22/h4-5,8-9,15H,2-3,6-7,10-14H2,1H3,(H2,20,23)(H,21,24)/t15-/m1/s1. The Labute approximate surface area is 144 Å². The summed E-state index contributed by atoms with van der Waals surface area (Å²) in [6.45, 7) is 5.45. The normalized spacial score (nSPS) is 17.0. The van der Waals surface area contributed by atoms with E-state index in [1.165, 1.54) is 31.2 Å². The molecule has 132 valence electrons. The fourth-order valence-electron chi connectivity index (χ4n) is 3.17. The van der Waals surface area contributed by atoms with Gasteiger partial charge in [-0.1, -0.05) is 44.0 Å². The molecule has 0 aromatic heterocycles. The van der Waals surface area contributed by atoms with Crippen molar-refractivity contribution in [1.82, 2.24) is 10.2 Å². The van der Waals surface area contributed by atoms with Crippen molar-refractivity contribution in [2.45, 2.75) is 52.1 Å². The zero-order valence-corrected chi connectivity index (χ0v) is 14.6. The van der Waals surface area contributed by atoms with Crippen molar-refractivity contribution in [3.8, 4) is 0 Å². The van der Waals surface area contributed by atoms with Gasteiger partial charge in [-0.05, 0) is 37.1 Å². The van der Waals surface area contributed by atoms with Gasteiger partial charge in [0.25, 0.3) is 0 Å². The minimum Gasteiger partial charge on any atom is -0.370 e. The quantitative estimate of drug-likeness (QED) is 0.804. The summed E-state index contributed by atoms with van der Waals surface area (Å²) in [7, 11) is 0. The largest absolute Gasteiger partial charge is 0.370 e. The van der Waals surface area contributed by atoms with Crippen molar-refractivity contribution < 1.29 is 9.59 Å². The number of hydrogen-bond donors (Lipinski definition) is 2. The Kier molecular flexibility index (Phi) is 7.25. The molecule has 1 saturated heterocycles. The zero-order chi connectivity index (χ0) is 17.4. The molecule has 1 aromatic carbocycles. The molecule has 2 amide bonds. The van der Waals surface area contributed by atoms with E-state index in [4.69, 9.17) is 5.73 Å². The van der Waals surface area contributed by atoms with Crippen LogP contribution in [0.15, 0.2) is 24.3 Å². The van der Waals surface area contributed by atoms with Gasteiger partial charge >= 0.3 is 0 Å². The maximum atomic E-state index is 12.1. The van der Waals surface area contributed by atoms with E-state index < -0.39 is 5.91 Å². The second-order valence-electron chi connectivity index (χ2n) is 6.75. The molecule has 3 N–H and O–H groups in total. The third-order valence-corrected chi connectivity index (χ3v) is 4.62. The van der Waals surface area contributed by atoms with Gasteiger partial charge in [0.1, 0.15) is 0 Å². The lowest BCUT2D eigenvalue weighted by atomic mass is 10.0. The Morgan fingerprint density at radius 3 is 2.38 bits per heavy atom. The molecule has 1 atom stereocenters. The van der Waals surface area contributed by atoms with Crippen molar-refractivity contribution in [1.29, 1.82) is 0 Å². The van der Waals surface area contributed by atoms with Crippen LogP contribution in [0.25, 0.3) is 0 Å². The number of hydrogen-bond acceptors (Lipinski definition) is 3. The van der Waals surface area contributed by atoms with Crippen LogP contribution in [0, 0.1) is 5.92 Å². The molecule has 1 fully saturated rings. The predicted molar refractivity (Wildman–Crippen MR) is 95.0 cm³/mol. The minimum atomic E-state index is -0.445. The van der Waals surface area contributed by atoms with Crippen LogP contribution < -0.4 is 11.1 Å². The van der Waals surface area contributed by atoms with E-state index in [0.717, 1.165) is 25.2 Å². The number of carbonyl (C=O) groups is 2. The van der Waals surface area contributed by atoms with Crippen LogP contribution >= 0.6 is 0 Å². The Hall–Kier alpha value is -1.88. The average Bonchev–Trinajstić information content (AvgIpc) is 2.81. The van der Waals surface area contributed by atoms with Gasteiger partial charge in [-0.15, -0.1) is 0 Å². The first kappa shape index (κ1) is 18.5. The van der Waals surface area contributed by atoms with E-state index in [-0.39, 0.29) is 18.2 Å². The zero-order valence-electron chi connectivity index (χ0n) is 14.6. The van der Waals surface area contributed by atoms with Crippen LogP contribution in [0.5, 0.6) is 0 Å². The average molecular weight is 331 g/mol. The van der Waals surface area contributed by atoms with Gasteiger partial charge in [0, 0.05) is 25.4 Å². The van der Waals surface area contributed by atoms with E-state index in [1.54, 1.807) is 6.92 Å². The smallest absolute Gasteiger partial charge is 0.223 e. The molecule has 0 unspecified atom stereocenters. The first-order valence-corrected chi connectivity index (χ1v) is 8.91. The number of primary amides is 1. The highest BCUT2D eigenvalue weighted by molar-refractivity contribution is 5.84. The second-order valence-corrected chi connectivity index (χ2v) is 6.75. The molecular weight excluding hydrogens is 302 g/mol. The minimum absolute atomic E-state index is 0.0846. The van der Waals surface area contributed by atoms with Gasteiger partial charge in [0.2, 0.25) is 11.8 Å². The second kappa shape index (κ2) is 9.42. The highest BCUT2D eigenvalue weighted by Crippen LogP contribution is 2.16. The van der Waals surface area contributed by atoms with E-state index >= 15 is 0 Å². The number of benzene rings is 1. The molecule has 1 aliphatic heterocycles. The molecule has 0 radical (unpaired) electrons. The Balaban J connectivity index is 1.93. The summed E-state index contributed by atoms with van der Waals surface area (Å²) in [5, 5.41) is 2.93. The molecule has 5 heteroatoms. The van der Waals surface area contributed by atoms with Gasteiger partial charge in [0.05, 0.1) is 0 Å². The topological polar surface area (TPSA) is 75.4 Å². The van der Waals surface area contributed by atoms with Crippen molar-refractivity contribution in [2.75, 3.05) is 13.1 Å². The molecule has 0 bridgehead atoms. The van der Waals surface area contributed by atoms with Crippen LogP contribution in [0.2, 0.25) is 0 Å². The van der Waals surface area contributed by atoms with Gasteiger partial charge in [-0.25, -0.2) is 0 Å². The molecular formula is C19H29N3O2. The maximum Gasteiger partial charge on any atom is 0.223 e. The molecule has 1 aliphatic rings. The summed E-state index contributed by atoms with van der Waals surface area (Å²) in [6.07, 6.45) is 5.27. The SMILES string of the molecule is C[C@H](CC(N)=O)C(=O)NCc1ccccc1CN1CCCCCC1. The number of likely N-dealkylation sites (tertiary alicyclic amines) is 1. The highest BCUT2D eigenvalue weighted by Gasteiger charge is 2.16. The van der Waals surface area contributed by atoms with E-state index in [9.17, 15) is 9.59 Å². The summed E-state index contributed by atoms with van der Waals surface area (Å²) >= 11 is 0. The van der Waals surface area contributed by atoms with E-state index in [2.05, 4.69) is 22.3 Å². The van der Waals surface area contributed by atoms with Crippen molar-refractivity contribution in [3.05, 3.63) is 35.4 Å². The molecule has 1 heterocycles. The fraction of sp³-hybridized carbons (Fsp3) is 0.579. The van der Waals surface area contributed by atoms with Crippen LogP contribution in [0.1, 0.15) is 50.2 Å². The lowest BCUT2D eigenvalue weighted by molar-refractivity contribution is -0.128. The molecule has 0 aliphatic carbocycles. The van der Waals surface area contributed by atoms with Crippen LogP contribution in [-0.2, 0) is 22.7 Å². The summed E-state index contributed by atoms with van der Waals surface area (Å²) in [4.78, 5) is 25.5. The lowest BCUT2D eigenvalue weighted by Crippen LogP contribution is -2.32. The van der Waals surface area contributed by atoms with Crippen molar-refractivity contribution in [2.24, 2.45) is 11.7 Å². The first-order valence-electron chi connectivity index (χ1n) is 8.91. The monoisotopic (exact) mass is 331 g/mol. The molecule has 0 saturated carbocycles. The Morgan fingerprint density at radius 1 is 1.12 bits per heavy atom. The van der Waals surface area contributed by atoms with Gasteiger partial charge in [-0.3, -0.25) is 14.5 Å². The maximum absolute atomic E-state index is 12.1.